The molecule has 2 N–H and O–H groups in total. The van der Waals surface area contributed by atoms with Gasteiger partial charge in [-0.3, -0.25) is 0 Å². The lowest BCUT2D eigenvalue weighted by molar-refractivity contribution is -0.346. The fourth-order valence-electron chi connectivity index (χ4n) is 1.41. The fraction of sp³-hybridized carbons (Fsp3) is 0. The van der Waals surface area contributed by atoms with E-state index in [9.17, 15) is 0 Å². The van der Waals surface area contributed by atoms with Crippen molar-refractivity contribution in [2.75, 3.05) is 5.32 Å². The van der Waals surface area contributed by atoms with Gasteiger partial charge in [-0.15, -0.1) is 0 Å². The number of anilines is 1. The van der Waals surface area contributed by atoms with Gasteiger partial charge in [0.1, 0.15) is 0 Å². The van der Waals surface area contributed by atoms with E-state index < -0.39 is 0 Å². The second kappa shape index (κ2) is 6.28. The molecular formula is C15H15N2+. The van der Waals surface area contributed by atoms with E-state index in [0.717, 1.165) is 11.4 Å². The lowest BCUT2D eigenvalue weighted by Gasteiger charge is -1.96. The maximum atomic E-state index is 3.18. The molecule has 0 aliphatic carbocycles. The predicted molar refractivity (Wildman–Crippen MR) is 72.3 cm³/mol. The lowest BCUT2D eigenvalue weighted by Crippen LogP contribution is -2.60. The molecule has 2 rings (SSSR count). The molecule has 2 nitrogen and oxygen atoms in total. The first kappa shape index (κ1) is 11.1. The number of nitrogens with one attached hydrogen (secondary N) is 2. The summed E-state index contributed by atoms with van der Waals surface area (Å²) in [5, 5.41) is 3.18. The van der Waals surface area contributed by atoms with E-state index in [2.05, 4.69) is 10.3 Å². The van der Waals surface area contributed by atoms with Gasteiger partial charge in [0.15, 0.2) is 6.21 Å². The Bertz CT molecular complexity index is 487. The molecule has 2 aromatic carbocycles. The first-order chi connectivity index (χ1) is 8.45. The zero-order chi connectivity index (χ0) is 11.8. The van der Waals surface area contributed by atoms with Crippen LogP contribution in [0.5, 0.6) is 0 Å². The summed E-state index contributed by atoms with van der Waals surface area (Å²) < 4.78 is 0. The second-order valence-corrected chi connectivity index (χ2v) is 3.55. The van der Waals surface area contributed by atoms with Crippen molar-refractivity contribution >= 4 is 17.6 Å². The number of hydrogen-bond acceptors (Lipinski definition) is 1. The summed E-state index contributed by atoms with van der Waals surface area (Å²) in [7, 11) is 0. The zero-order valence-electron chi connectivity index (χ0n) is 9.51. The Morgan fingerprint density at radius 3 is 2.18 bits per heavy atom. The van der Waals surface area contributed by atoms with Gasteiger partial charge >= 0.3 is 0 Å². The van der Waals surface area contributed by atoms with E-state index in [0.29, 0.717) is 0 Å². The molecule has 0 amide bonds. The van der Waals surface area contributed by atoms with Gasteiger partial charge in [-0.1, -0.05) is 36.4 Å². The molecule has 0 heterocycles. The molecule has 0 bridgehead atoms. The zero-order valence-corrected chi connectivity index (χ0v) is 9.51. The molecule has 17 heavy (non-hydrogen) atoms. The van der Waals surface area contributed by atoms with Crippen molar-refractivity contribution in [1.29, 1.82) is 0 Å². The molecular weight excluding hydrogens is 208 g/mol. The van der Waals surface area contributed by atoms with E-state index in [1.807, 2.05) is 79.2 Å². The van der Waals surface area contributed by atoms with Gasteiger partial charge in [0.05, 0.1) is 0 Å². The average Bonchev–Trinajstić information content (AvgIpc) is 2.41. The Labute approximate surface area is 101 Å². The summed E-state index contributed by atoms with van der Waals surface area (Å²) in [6.07, 6.45) is 5.72. The molecule has 0 spiro atoms. The molecule has 0 saturated heterocycles. The van der Waals surface area contributed by atoms with Crippen molar-refractivity contribution < 1.29 is 4.99 Å². The van der Waals surface area contributed by atoms with Gasteiger partial charge < -0.3 is 5.32 Å². The van der Waals surface area contributed by atoms with Crippen LogP contribution < -0.4 is 10.3 Å². The van der Waals surface area contributed by atoms with E-state index >= 15 is 0 Å². The molecule has 0 aliphatic heterocycles. The normalized spacial score (nSPS) is 11.1. The number of para-hydroxylation sites is 2. The summed E-state index contributed by atoms with van der Waals surface area (Å²) in [6, 6.07) is 20.1. The fourth-order valence-corrected chi connectivity index (χ4v) is 1.41. The first-order valence-electron chi connectivity index (χ1n) is 5.57. The largest absolute Gasteiger partial charge is 0.361 e. The van der Waals surface area contributed by atoms with Crippen molar-refractivity contribution in [1.82, 2.24) is 0 Å². The van der Waals surface area contributed by atoms with Crippen LogP contribution in [0.25, 0.3) is 0 Å². The van der Waals surface area contributed by atoms with E-state index in [4.69, 9.17) is 0 Å². The summed E-state index contributed by atoms with van der Waals surface area (Å²) in [5.41, 5.74) is 2.16. The van der Waals surface area contributed by atoms with Crippen molar-refractivity contribution in [2.24, 2.45) is 0 Å². The molecule has 2 aromatic rings. The molecule has 0 aromatic heterocycles. The second-order valence-electron chi connectivity index (χ2n) is 3.55. The van der Waals surface area contributed by atoms with Gasteiger partial charge in [0, 0.05) is 30.1 Å². The quantitative estimate of drug-likeness (QED) is 0.763. The highest BCUT2D eigenvalue weighted by Crippen LogP contribution is 2.03. The number of hydrogen-bond donors (Lipinski definition) is 2. The number of rotatable bonds is 4. The monoisotopic (exact) mass is 223 g/mol. The van der Waals surface area contributed by atoms with Gasteiger partial charge in [-0.2, -0.15) is 0 Å². The van der Waals surface area contributed by atoms with E-state index in [1.54, 1.807) is 0 Å². The minimum absolute atomic E-state index is 1.08. The third-order valence-corrected chi connectivity index (χ3v) is 2.24. The lowest BCUT2D eigenvalue weighted by atomic mass is 10.3. The highest BCUT2D eigenvalue weighted by molar-refractivity contribution is 5.67. The maximum absolute atomic E-state index is 3.18. The number of benzene rings is 2. The third kappa shape index (κ3) is 3.95. The number of allylic oxidation sites excluding steroid dienone is 1. The molecule has 84 valence electrons. The topological polar surface area (TPSA) is 26.0 Å². The minimum atomic E-state index is 1.08. The Kier molecular flexibility index (Phi) is 4.12. The smallest absolute Gasteiger partial charge is 0.203 e. The van der Waals surface area contributed by atoms with Gasteiger partial charge in [0.2, 0.25) is 5.69 Å². The van der Waals surface area contributed by atoms with Crippen molar-refractivity contribution in [2.45, 2.75) is 0 Å². The summed E-state index contributed by atoms with van der Waals surface area (Å²) in [6.45, 7) is 0. The van der Waals surface area contributed by atoms with E-state index in [1.165, 1.54) is 0 Å². The maximum Gasteiger partial charge on any atom is 0.203 e. The third-order valence-electron chi connectivity index (χ3n) is 2.24. The highest BCUT2D eigenvalue weighted by atomic mass is 14.8. The van der Waals surface area contributed by atoms with Gasteiger partial charge in [0.25, 0.3) is 0 Å². The van der Waals surface area contributed by atoms with Crippen molar-refractivity contribution in [3.05, 3.63) is 72.9 Å². The summed E-state index contributed by atoms with van der Waals surface area (Å²) in [4.78, 5) is 3.18. The SMILES string of the molecule is C(=CNc1ccccc1)C=[NH+]c1ccccc1. The van der Waals surface area contributed by atoms with Crippen molar-refractivity contribution in [3.63, 3.8) is 0 Å². The van der Waals surface area contributed by atoms with E-state index in [-0.39, 0.29) is 0 Å². The molecule has 2 heteroatoms. The first-order valence-corrected chi connectivity index (χ1v) is 5.57. The molecule has 0 saturated carbocycles. The highest BCUT2D eigenvalue weighted by Gasteiger charge is 1.88. The van der Waals surface area contributed by atoms with Crippen LogP contribution in [0.15, 0.2) is 72.9 Å². The van der Waals surface area contributed by atoms with Crippen LogP contribution in [0.3, 0.4) is 0 Å². The van der Waals surface area contributed by atoms with Crippen LogP contribution in [-0.4, -0.2) is 6.21 Å². The Hall–Kier alpha value is -2.35. The Morgan fingerprint density at radius 2 is 1.47 bits per heavy atom. The molecule has 0 fully saturated rings. The summed E-state index contributed by atoms with van der Waals surface area (Å²) in [5.74, 6) is 0. The molecule has 0 aliphatic rings. The van der Waals surface area contributed by atoms with Crippen LogP contribution in [0.2, 0.25) is 0 Å². The van der Waals surface area contributed by atoms with Crippen LogP contribution in [0.1, 0.15) is 0 Å². The molecule has 0 radical (unpaired) electrons. The van der Waals surface area contributed by atoms with Crippen LogP contribution >= 0.6 is 0 Å². The van der Waals surface area contributed by atoms with Crippen LogP contribution in [0, 0.1) is 0 Å². The molecule has 0 atom stereocenters. The van der Waals surface area contributed by atoms with Crippen molar-refractivity contribution in [3.8, 4) is 0 Å². The minimum Gasteiger partial charge on any atom is -0.361 e. The van der Waals surface area contributed by atoms with Crippen LogP contribution in [-0.2, 0) is 0 Å². The summed E-state index contributed by atoms with van der Waals surface area (Å²) >= 11 is 0. The average molecular weight is 223 g/mol. The molecule has 0 unspecified atom stereocenters. The Morgan fingerprint density at radius 1 is 0.824 bits per heavy atom. The Balaban J connectivity index is 1.85. The van der Waals surface area contributed by atoms with Gasteiger partial charge in [-0.25, -0.2) is 4.99 Å². The van der Waals surface area contributed by atoms with Gasteiger partial charge in [-0.05, 0) is 12.1 Å². The predicted octanol–water partition coefficient (Wildman–Crippen LogP) is 2.10. The van der Waals surface area contributed by atoms with Crippen LogP contribution in [0.4, 0.5) is 11.4 Å². The standard InChI is InChI=1S/C15H14N2/c1-3-8-14(9-4-1)16-12-7-13-17-15-10-5-2-6-11-15/h1-13,16H/p+1.